The number of benzene rings is 2. The maximum absolute atomic E-state index is 14.3. The van der Waals surface area contributed by atoms with Crippen LogP contribution in [0.3, 0.4) is 0 Å². The summed E-state index contributed by atoms with van der Waals surface area (Å²) in [5.41, 5.74) is 4.24. The van der Waals surface area contributed by atoms with Crippen molar-refractivity contribution in [1.29, 1.82) is 0 Å². The van der Waals surface area contributed by atoms with Crippen molar-refractivity contribution in [3.05, 3.63) is 47.5 Å². The van der Waals surface area contributed by atoms with Gasteiger partial charge in [0.2, 0.25) is 5.91 Å². The van der Waals surface area contributed by atoms with Crippen LogP contribution in [0.25, 0.3) is 11.1 Å². The molecular weight excluding hydrogens is 582 g/mol. The third kappa shape index (κ3) is 6.12. The number of hydroxylamine groups is 2. The van der Waals surface area contributed by atoms with Crippen LogP contribution in [0, 0.1) is 29.1 Å². The van der Waals surface area contributed by atoms with Gasteiger partial charge in [-0.05, 0) is 73.7 Å². The fraction of sp³-hybridized carbons (Fsp3) is 0.611. The molecule has 1 aliphatic heterocycles. The molecule has 10 nitrogen and oxygen atoms in total. The van der Waals surface area contributed by atoms with Crippen molar-refractivity contribution in [3.63, 3.8) is 0 Å². The zero-order valence-corrected chi connectivity index (χ0v) is 28.9. The molecule has 3 aliphatic carbocycles. The molecule has 10 heteroatoms. The smallest absolute Gasteiger partial charge is 0.251 e. The molecule has 252 valence electrons. The summed E-state index contributed by atoms with van der Waals surface area (Å²) >= 11 is 0. The Morgan fingerprint density at radius 1 is 1.17 bits per heavy atom. The maximum atomic E-state index is 14.3. The normalized spacial score (nSPS) is 29.0. The number of anilines is 1. The van der Waals surface area contributed by atoms with Crippen LogP contribution >= 0.6 is 0 Å². The SMILES string of the molecule is CNC(=O)c1cc(-c2cccc(CN3O[C@@H](CO)[C@@H](C(C)NC)[C@H]3C(=O)N[C@H]3C[C@H]4C[C@@H]([C@@H]3C)C4(C)C)c2OC)cc(N(C)C)c1. The highest BCUT2D eigenvalue weighted by atomic mass is 16.7. The van der Waals surface area contributed by atoms with Crippen LogP contribution in [-0.4, -0.2) is 88.1 Å². The molecule has 2 aromatic carbocycles. The topological polar surface area (TPSA) is 115 Å². The third-order valence-corrected chi connectivity index (χ3v) is 11.4. The lowest BCUT2D eigenvalue weighted by Gasteiger charge is -2.62. The quantitative estimate of drug-likeness (QED) is 0.296. The molecule has 0 spiro atoms. The summed E-state index contributed by atoms with van der Waals surface area (Å²) in [6, 6.07) is 11.0. The number of hydrogen-bond donors (Lipinski definition) is 4. The summed E-state index contributed by atoms with van der Waals surface area (Å²) in [5.74, 6) is 1.73. The number of nitrogens with one attached hydrogen (secondary N) is 3. The molecule has 6 rings (SSSR count). The zero-order chi connectivity index (χ0) is 33.5. The van der Waals surface area contributed by atoms with E-state index < -0.39 is 12.1 Å². The van der Waals surface area contributed by atoms with Gasteiger partial charge in [-0.25, -0.2) is 0 Å². The molecule has 1 heterocycles. The number of para-hydroxylation sites is 1. The van der Waals surface area contributed by atoms with Crippen molar-refractivity contribution in [1.82, 2.24) is 21.0 Å². The lowest BCUT2D eigenvalue weighted by atomic mass is 9.45. The van der Waals surface area contributed by atoms with E-state index in [1.807, 2.05) is 69.4 Å². The van der Waals surface area contributed by atoms with Crippen LogP contribution in [0.5, 0.6) is 5.75 Å². The van der Waals surface area contributed by atoms with Crippen LogP contribution in [0.1, 0.15) is 56.5 Å². The third-order valence-electron chi connectivity index (χ3n) is 11.4. The van der Waals surface area contributed by atoms with E-state index in [4.69, 9.17) is 9.57 Å². The Morgan fingerprint density at radius 2 is 1.91 bits per heavy atom. The van der Waals surface area contributed by atoms with Crippen molar-refractivity contribution >= 4 is 17.5 Å². The predicted molar refractivity (Wildman–Crippen MR) is 181 cm³/mol. The van der Waals surface area contributed by atoms with E-state index >= 15 is 0 Å². The Kier molecular flexibility index (Phi) is 10.0. The molecule has 2 amide bonds. The minimum atomic E-state index is -0.622. The molecule has 2 aromatic rings. The van der Waals surface area contributed by atoms with Gasteiger partial charge in [-0.15, -0.1) is 0 Å². The van der Waals surface area contributed by atoms with Gasteiger partial charge in [-0.1, -0.05) is 39.0 Å². The van der Waals surface area contributed by atoms with Crippen LogP contribution in [0.15, 0.2) is 36.4 Å². The Balaban J connectivity index is 1.48. The maximum Gasteiger partial charge on any atom is 0.251 e. The number of aliphatic hydroxyl groups is 1. The second-order valence-electron chi connectivity index (χ2n) is 14.3. The van der Waals surface area contributed by atoms with Gasteiger partial charge >= 0.3 is 0 Å². The summed E-state index contributed by atoms with van der Waals surface area (Å²) in [7, 11) is 9.00. The number of carbonyl (C=O) groups excluding carboxylic acids is 2. The second-order valence-corrected chi connectivity index (χ2v) is 14.3. The summed E-state index contributed by atoms with van der Waals surface area (Å²) in [6.07, 6.45) is 1.68. The van der Waals surface area contributed by atoms with Crippen molar-refractivity contribution in [2.75, 3.05) is 46.8 Å². The Labute approximate surface area is 274 Å². The van der Waals surface area contributed by atoms with Crippen LogP contribution in [-0.2, 0) is 16.2 Å². The molecule has 0 aromatic heterocycles. The van der Waals surface area contributed by atoms with Gasteiger partial charge in [0.05, 0.1) is 20.3 Å². The van der Waals surface area contributed by atoms with Gasteiger partial charge in [-0.2, -0.15) is 5.06 Å². The first-order valence-corrected chi connectivity index (χ1v) is 16.6. The van der Waals surface area contributed by atoms with E-state index in [9.17, 15) is 14.7 Å². The molecule has 3 saturated carbocycles. The zero-order valence-electron chi connectivity index (χ0n) is 28.9. The average Bonchev–Trinajstić information content (AvgIpc) is 3.42. The first-order valence-electron chi connectivity index (χ1n) is 16.6. The number of carbonyl (C=O) groups is 2. The number of aliphatic hydroxyl groups excluding tert-OH is 1. The van der Waals surface area contributed by atoms with Crippen molar-refractivity contribution in [2.24, 2.45) is 29.1 Å². The Morgan fingerprint density at radius 3 is 2.50 bits per heavy atom. The largest absolute Gasteiger partial charge is 0.496 e. The second kappa shape index (κ2) is 13.5. The number of methoxy groups -OCH3 is 1. The number of ether oxygens (including phenoxy) is 1. The monoisotopic (exact) mass is 635 g/mol. The molecule has 1 saturated heterocycles. The highest BCUT2D eigenvalue weighted by molar-refractivity contribution is 5.97. The van der Waals surface area contributed by atoms with Gasteiger partial charge in [0.15, 0.2) is 0 Å². The summed E-state index contributed by atoms with van der Waals surface area (Å²) in [5, 5.41) is 21.6. The van der Waals surface area contributed by atoms with Gasteiger partial charge in [0.25, 0.3) is 5.91 Å². The van der Waals surface area contributed by atoms with Crippen LogP contribution < -0.4 is 25.6 Å². The number of nitrogens with zero attached hydrogens (tertiary/aromatic N) is 2. The molecule has 4 fully saturated rings. The fourth-order valence-corrected chi connectivity index (χ4v) is 8.34. The van der Waals surface area contributed by atoms with E-state index in [0.29, 0.717) is 34.5 Å². The molecule has 8 atom stereocenters. The fourth-order valence-electron chi connectivity index (χ4n) is 8.34. The lowest BCUT2D eigenvalue weighted by molar-refractivity contribution is -0.183. The van der Waals surface area contributed by atoms with Gasteiger partial charge < -0.3 is 30.7 Å². The Hall–Kier alpha value is -3.18. The first-order chi connectivity index (χ1) is 21.9. The van der Waals surface area contributed by atoms with E-state index in [2.05, 4.69) is 36.7 Å². The van der Waals surface area contributed by atoms with E-state index in [0.717, 1.165) is 28.8 Å². The lowest BCUT2D eigenvalue weighted by Crippen LogP contribution is -2.62. The summed E-state index contributed by atoms with van der Waals surface area (Å²) < 4.78 is 6.03. The standard InChI is InChI=1S/C36H53N5O5/c1-20-28-16-25(36(28,3)4)17-29(20)39-35(44)32-31(21(2)37-5)30(19-42)46-41(32)18-22-11-10-12-27(33(22)45-9)23-13-24(34(43)38-6)15-26(14-23)40(7)8/h10-15,20-21,25,28-32,37,42H,16-19H2,1-9H3,(H,38,43)(H,39,44)/t20-,21?,25+,28-,29-,30-,31+,32-/m0/s1. The van der Waals surface area contributed by atoms with Crippen LogP contribution in [0.4, 0.5) is 5.69 Å². The van der Waals surface area contributed by atoms with Crippen molar-refractivity contribution in [3.8, 4) is 16.9 Å². The van der Waals surface area contributed by atoms with E-state index in [1.54, 1.807) is 19.2 Å². The Bertz CT molecular complexity index is 1430. The molecule has 4 aliphatic rings. The molecule has 0 radical (unpaired) electrons. The number of fused-ring (bicyclic) bond motifs is 2. The summed E-state index contributed by atoms with van der Waals surface area (Å²) in [4.78, 5) is 35.3. The van der Waals surface area contributed by atoms with Crippen LogP contribution in [0.2, 0.25) is 0 Å². The molecule has 1 unspecified atom stereocenters. The predicted octanol–water partition coefficient (Wildman–Crippen LogP) is 3.68. The number of amides is 2. The highest BCUT2D eigenvalue weighted by Crippen LogP contribution is 2.61. The van der Waals surface area contributed by atoms with E-state index in [1.165, 1.54) is 6.42 Å². The van der Waals surface area contributed by atoms with Gasteiger partial charge in [0.1, 0.15) is 17.9 Å². The van der Waals surface area contributed by atoms with Crippen molar-refractivity contribution < 1.29 is 24.3 Å². The average molecular weight is 636 g/mol. The van der Waals surface area contributed by atoms with E-state index in [-0.39, 0.29) is 43.0 Å². The highest BCUT2D eigenvalue weighted by Gasteiger charge is 2.57. The first kappa shape index (κ1) is 34.2. The minimum absolute atomic E-state index is 0.0666. The molecule has 2 bridgehead atoms. The molecular formula is C36H53N5O5. The number of rotatable bonds is 11. The molecule has 46 heavy (non-hydrogen) atoms. The minimum Gasteiger partial charge on any atom is -0.496 e. The summed E-state index contributed by atoms with van der Waals surface area (Å²) in [6.45, 7) is 9.10. The van der Waals surface area contributed by atoms with Crippen molar-refractivity contribution in [2.45, 2.75) is 71.3 Å². The molecule has 4 N–H and O–H groups in total. The van der Waals surface area contributed by atoms with Gasteiger partial charge in [-0.3, -0.25) is 14.4 Å². The number of hydrogen-bond acceptors (Lipinski definition) is 8. The van der Waals surface area contributed by atoms with Gasteiger partial charge in [0, 0.05) is 61.5 Å².